The Balaban J connectivity index is 2.86. The molecule has 1 atom stereocenters. The second-order valence-electron chi connectivity index (χ2n) is 5.18. The topological polar surface area (TPSA) is 21.3 Å². The summed E-state index contributed by atoms with van der Waals surface area (Å²) in [7, 11) is 0. The second-order valence-corrected chi connectivity index (χ2v) is 6.03. The fourth-order valence-corrected chi connectivity index (χ4v) is 2.39. The third-order valence-electron chi connectivity index (χ3n) is 2.37. The van der Waals surface area contributed by atoms with Crippen molar-refractivity contribution < 1.29 is 4.74 Å². The van der Waals surface area contributed by atoms with Gasteiger partial charge in [-0.1, -0.05) is 28.9 Å². The lowest BCUT2D eigenvalue weighted by Gasteiger charge is -2.22. The smallest absolute Gasteiger partial charge is 0.121 e. The molecule has 0 bridgehead atoms. The molecule has 0 aliphatic carbocycles. The molecule has 1 aromatic carbocycles. The lowest BCUT2D eigenvalue weighted by molar-refractivity contribution is 0.131. The van der Waals surface area contributed by atoms with Crippen LogP contribution in [0.15, 0.2) is 22.7 Å². The van der Waals surface area contributed by atoms with Crippen molar-refractivity contribution in [2.45, 2.75) is 46.3 Å². The summed E-state index contributed by atoms with van der Waals surface area (Å²) in [4.78, 5) is 0. The maximum Gasteiger partial charge on any atom is 0.121 e. The molecule has 0 fully saturated rings. The molecule has 0 amide bonds. The second kappa shape index (κ2) is 5.87. The normalized spacial score (nSPS) is 13.5. The molecule has 0 aromatic heterocycles. The highest BCUT2D eigenvalue weighted by atomic mass is 79.9. The number of halogens is 1. The molecule has 0 radical (unpaired) electrons. The van der Waals surface area contributed by atoms with Crippen LogP contribution in [0.3, 0.4) is 0 Å². The predicted octanol–water partition coefficient (Wildman–Crippen LogP) is 4.30. The van der Waals surface area contributed by atoms with Gasteiger partial charge in [-0.25, -0.2) is 0 Å². The largest absolute Gasteiger partial charge is 0.488 e. The van der Waals surface area contributed by atoms with E-state index in [1.54, 1.807) is 0 Å². The van der Waals surface area contributed by atoms with E-state index in [0.717, 1.165) is 16.8 Å². The lowest BCUT2D eigenvalue weighted by atomic mass is 10.1. The molecule has 3 heteroatoms. The Labute approximate surface area is 113 Å². The first kappa shape index (κ1) is 14.5. The zero-order chi connectivity index (χ0) is 13.1. The minimum atomic E-state index is -0.158. The fourth-order valence-electron chi connectivity index (χ4n) is 1.69. The van der Waals surface area contributed by atoms with E-state index in [4.69, 9.17) is 4.74 Å². The number of rotatable bonds is 4. The van der Waals surface area contributed by atoms with Gasteiger partial charge in [-0.2, -0.15) is 0 Å². The molecule has 1 rings (SSSR count). The van der Waals surface area contributed by atoms with E-state index in [2.05, 4.69) is 61.9 Å². The Morgan fingerprint density at radius 2 is 2.00 bits per heavy atom. The monoisotopic (exact) mass is 299 g/mol. The van der Waals surface area contributed by atoms with Gasteiger partial charge in [0.05, 0.1) is 0 Å². The summed E-state index contributed by atoms with van der Waals surface area (Å²) in [6, 6.07) is 6.52. The molecule has 1 unspecified atom stereocenters. The Bertz CT molecular complexity index is 371. The van der Waals surface area contributed by atoms with Crippen molar-refractivity contribution in [1.29, 1.82) is 0 Å². The predicted molar refractivity (Wildman–Crippen MR) is 76.6 cm³/mol. The summed E-state index contributed by atoms with van der Waals surface area (Å²) < 4.78 is 6.92. The first-order chi connectivity index (χ1) is 7.83. The number of benzene rings is 1. The zero-order valence-electron chi connectivity index (χ0n) is 11.3. The average Bonchev–Trinajstić information content (AvgIpc) is 2.15. The van der Waals surface area contributed by atoms with Gasteiger partial charge in [0.2, 0.25) is 0 Å². The Morgan fingerprint density at radius 3 is 2.47 bits per heavy atom. The van der Waals surface area contributed by atoms with Gasteiger partial charge < -0.3 is 10.1 Å². The van der Waals surface area contributed by atoms with Gasteiger partial charge in [-0.05, 0) is 51.9 Å². The highest BCUT2D eigenvalue weighted by Crippen LogP contribution is 2.29. The number of nitrogens with one attached hydrogen (secondary N) is 1. The van der Waals surface area contributed by atoms with Gasteiger partial charge in [0.25, 0.3) is 0 Å². The van der Waals surface area contributed by atoms with Crippen molar-refractivity contribution in [2.75, 3.05) is 6.54 Å². The van der Waals surface area contributed by atoms with Gasteiger partial charge in [0.1, 0.15) is 11.4 Å². The van der Waals surface area contributed by atoms with Crippen LogP contribution in [-0.4, -0.2) is 12.1 Å². The SMILES string of the molecule is CCNC(C)c1ccc(OC(C)(C)C)cc1Br. The van der Waals surface area contributed by atoms with E-state index in [9.17, 15) is 0 Å². The summed E-state index contributed by atoms with van der Waals surface area (Å²) in [5, 5.41) is 3.40. The van der Waals surface area contributed by atoms with E-state index < -0.39 is 0 Å². The Kier molecular flexibility index (Phi) is 5.02. The van der Waals surface area contributed by atoms with Crippen molar-refractivity contribution in [3.63, 3.8) is 0 Å². The van der Waals surface area contributed by atoms with Crippen LogP contribution in [0.5, 0.6) is 5.75 Å². The summed E-state index contributed by atoms with van der Waals surface area (Å²) in [5.74, 6) is 0.900. The maximum absolute atomic E-state index is 5.83. The van der Waals surface area contributed by atoms with Crippen molar-refractivity contribution in [3.8, 4) is 5.75 Å². The summed E-state index contributed by atoms with van der Waals surface area (Å²) in [5.41, 5.74) is 1.10. The van der Waals surface area contributed by atoms with Crippen molar-refractivity contribution in [3.05, 3.63) is 28.2 Å². The van der Waals surface area contributed by atoms with Crippen LogP contribution in [0.4, 0.5) is 0 Å². The van der Waals surface area contributed by atoms with Crippen LogP contribution in [0.2, 0.25) is 0 Å². The van der Waals surface area contributed by atoms with Gasteiger partial charge >= 0.3 is 0 Å². The third-order valence-corrected chi connectivity index (χ3v) is 3.06. The van der Waals surface area contributed by atoms with Gasteiger partial charge in [0, 0.05) is 10.5 Å². The van der Waals surface area contributed by atoms with Gasteiger partial charge in [-0.15, -0.1) is 0 Å². The molecule has 0 spiro atoms. The first-order valence-electron chi connectivity index (χ1n) is 6.05. The zero-order valence-corrected chi connectivity index (χ0v) is 12.9. The minimum Gasteiger partial charge on any atom is -0.488 e. The molecular weight excluding hydrogens is 278 g/mol. The quantitative estimate of drug-likeness (QED) is 0.895. The van der Waals surface area contributed by atoms with E-state index >= 15 is 0 Å². The fraction of sp³-hybridized carbons (Fsp3) is 0.571. The minimum absolute atomic E-state index is 0.158. The van der Waals surface area contributed by atoms with Crippen LogP contribution in [0.25, 0.3) is 0 Å². The molecule has 0 aliphatic rings. The van der Waals surface area contributed by atoms with Gasteiger partial charge in [-0.3, -0.25) is 0 Å². The molecule has 0 heterocycles. The van der Waals surface area contributed by atoms with E-state index in [1.165, 1.54) is 5.56 Å². The number of ether oxygens (including phenoxy) is 1. The Morgan fingerprint density at radius 1 is 1.35 bits per heavy atom. The van der Waals surface area contributed by atoms with Crippen LogP contribution in [0, 0.1) is 0 Å². The third kappa shape index (κ3) is 4.68. The standard InChI is InChI=1S/C14H22BrNO/c1-6-16-10(2)12-8-7-11(9-13(12)15)17-14(3,4)5/h7-10,16H,6H2,1-5H3. The maximum atomic E-state index is 5.83. The summed E-state index contributed by atoms with van der Waals surface area (Å²) >= 11 is 3.61. The van der Waals surface area contributed by atoms with Gasteiger partial charge in [0.15, 0.2) is 0 Å². The van der Waals surface area contributed by atoms with Crippen molar-refractivity contribution >= 4 is 15.9 Å². The van der Waals surface area contributed by atoms with Crippen molar-refractivity contribution in [2.24, 2.45) is 0 Å². The van der Waals surface area contributed by atoms with E-state index in [1.807, 2.05) is 12.1 Å². The first-order valence-corrected chi connectivity index (χ1v) is 6.84. The Hall–Kier alpha value is -0.540. The van der Waals surface area contributed by atoms with Crippen LogP contribution < -0.4 is 10.1 Å². The highest BCUT2D eigenvalue weighted by Gasteiger charge is 2.14. The van der Waals surface area contributed by atoms with Crippen molar-refractivity contribution in [1.82, 2.24) is 5.32 Å². The molecule has 0 aliphatic heterocycles. The molecule has 1 aromatic rings. The molecule has 96 valence electrons. The van der Waals surface area contributed by atoms with E-state index in [0.29, 0.717) is 6.04 Å². The van der Waals surface area contributed by atoms with Crippen LogP contribution in [-0.2, 0) is 0 Å². The molecule has 17 heavy (non-hydrogen) atoms. The van der Waals surface area contributed by atoms with E-state index in [-0.39, 0.29) is 5.60 Å². The average molecular weight is 300 g/mol. The highest BCUT2D eigenvalue weighted by molar-refractivity contribution is 9.10. The molecule has 1 N–H and O–H groups in total. The molecule has 0 saturated heterocycles. The molecule has 0 saturated carbocycles. The van der Waals surface area contributed by atoms with Crippen LogP contribution in [0.1, 0.15) is 46.2 Å². The van der Waals surface area contributed by atoms with Crippen LogP contribution >= 0.6 is 15.9 Å². The lowest BCUT2D eigenvalue weighted by Crippen LogP contribution is -2.23. The molecular formula is C14H22BrNO. The number of hydrogen-bond donors (Lipinski definition) is 1. The summed E-state index contributed by atoms with van der Waals surface area (Å²) in [6.45, 7) is 11.4. The molecule has 2 nitrogen and oxygen atoms in total. The summed E-state index contributed by atoms with van der Waals surface area (Å²) in [6.07, 6.45) is 0. The number of hydrogen-bond acceptors (Lipinski definition) is 2.